The van der Waals surface area contributed by atoms with Gasteiger partial charge in [-0.25, -0.2) is 4.98 Å². The smallest absolute Gasteiger partial charge is 0.251 e. The van der Waals surface area contributed by atoms with Gasteiger partial charge in [0, 0.05) is 29.6 Å². The van der Waals surface area contributed by atoms with E-state index >= 15 is 0 Å². The normalized spacial score (nSPS) is 10.9. The van der Waals surface area contributed by atoms with Gasteiger partial charge < -0.3 is 16.0 Å². The molecule has 0 saturated carbocycles. The number of rotatable bonds is 15. The van der Waals surface area contributed by atoms with Crippen molar-refractivity contribution < 1.29 is 4.79 Å². The van der Waals surface area contributed by atoms with Gasteiger partial charge in [-0.05, 0) is 68.4 Å². The Morgan fingerprint density at radius 2 is 1.75 bits per heavy atom. The van der Waals surface area contributed by atoms with E-state index in [1.54, 1.807) is 16.8 Å². The molecular formula is C31H38N8O. The molecule has 0 aliphatic rings. The van der Waals surface area contributed by atoms with Crippen LogP contribution in [-0.4, -0.2) is 37.4 Å². The van der Waals surface area contributed by atoms with Crippen molar-refractivity contribution in [3.63, 3.8) is 0 Å². The second kappa shape index (κ2) is 14.6. The highest BCUT2D eigenvalue weighted by atomic mass is 16.1. The molecule has 0 aliphatic heterocycles. The van der Waals surface area contributed by atoms with Gasteiger partial charge in [-0.3, -0.25) is 9.48 Å². The Hall–Kier alpha value is -4.45. The lowest BCUT2D eigenvalue weighted by Gasteiger charge is -2.06. The Labute approximate surface area is 235 Å². The number of imidazole rings is 1. The Bertz CT molecular complexity index is 1400. The van der Waals surface area contributed by atoms with Crippen molar-refractivity contribution in [2.75, 3.05) is 12.3 Å². The second-order valence-electron chi connectivity index (χ2n) is 10.1. The number of nitrogens with two attached hydrogens (primary N) is 1. The number of hydrogen-bond acceptors (Lipinski definition) is 6. The zero-order valence-electron chi connectivity index (χ0n) is 23.2. The molecule has 0 unspecified atom stereocenters. The number of nitrogen functional groups attached to an aromatic ring is 1. The molecule has 4 N–H and O–H groups in total. The van der Waals surface area contributed by atoms with Crippen molar-refractivity contribution >= 4 is 11.9 Å². The average Bonchev–Trinajstić information content (AvgIpc) is 3.59. The molecule has 1 amide bonds. The molecule has 0 aliphatic carbocycles. The van der Waals surface area contributed by atoms with Crippen molar-refractivity contribution in [3.8, 4) is 17.3 Å². The second-order valence-corrected chi connectivity index (χ2v) is 10.1. The van der Waals surface area contributed by atoms with Crippen LogP contribution >= 0.6 is 0 Å². The summed E-state index contributed by atoms with van der Waals surface area (Å²) in [6, 6.07) is 17.4. The van der Waals surface area contributed by atoms with Crippen LogP contribution in [0.5, 0.6) is 0 Å². The highest BCUT2D eigenvalue weighted by Crippen LogP contribution is 2.24. The molecule has 2 aromatic heterocycles. The van der Waals surface area contributed by atoms with E-state index in [2.05, 4.69) is 38.6 Å². The van der Waals surface area contributed by atoms with Crippen molar-refractivity contribution in [3.05, 3.63) is 82.8 Å². The maximum absolute atomic E-state index is 12.5. The van der Waals surface area contributed by atoms with E-state index in [0.717, 1.165) is 61.2 Å². The number of nitriles is 1. The third kappa shape index (κ3) is 8.27. The van der Waals surface area contributed by atoms with Crippen LogP contribution in [0.3, 0.4) is 0 Å². The van der Waals surface area contributed by atoms with E-state index in [-0.39, 0.29) is 5.91 Å². The molecule has 40 heavy (non-hydrogen) atoms. The van der Waals surface area contributed by atoms with Crippen LogP contribution in [0, 0.1) is 11.3 Å². The molecule has 2 heterocycles. The van der Waals surface area contributed by atoms with Gasteiger partial charge in [0.15, 0.2) is 5.95 Å². The molecule has 0 atom stereocenters. The van der Waals surface area contributed by atoms with E-state index in [9.17, 15) is 4.79 Å². The van der Waals surface area contributed by atoms with E-state index in [0.29, 0.717) is 30.2 Å². The summed E-state index contributed by atoms with van der Waals surface area (Å²) >= 11 is 0. The number of nitrogens with one attached hydrogen (secondary N) is 2. The Morgan fingerprint density at radius 3 is 2.50 bits per heavy atom. The number of benzene rings is 2. The molecule has 0 fully saturated rings. The minimum Gasteiger partial charge on any atom is -0.369 e. The Kier molecular flexibility index (Phi) is 10.4. The highest BCUT2D eigenvalue weighted by Gasteiger charge is 2.11. The first-order valence-electron chi connectivity index (χ1n) is 14.2. The van der Waals surface area contributed by atoms with Gasteiger partial charge in [-0.15, -0.1) is 5.10 Å². The van der Waals surface area contributed by atoms with E-state index in [1.165, 1.54) is 24.8 Å². The number of unbranched alkanes of at least 4 members (excludes halogenated alkanes) is 4. The first-order chi connectivity index (χ1) is 19.6. The number of carbonyl (C=O) groups excluding carboxylic acids is 1. The lowest BCUT2D eigenvalue weighted by Crippen LogP contribution is -2.27. The van der Waals surface area contributed by atoms with Gasteiger partial charge in [0.2, 0.25) is 0 Å². The summed E-state index contributed by atoms with van der Waals surface area (Å²) in [5, 5.41) is 20.5. The zero-order chi connectivity index (χ0) is 28.2. The fraction of sp³-hybridized carbons (Fsp3) is 0.387. The van der Waals surface area contributed by atoms with E-state index < -0.39 is 0 Å². The fourth-order valence-corrected chi connectivity index (χ4v) is 4.69. The predicted molar refractivity (Wildman–Crippen MR) is 156 cm³/mol. The molecule has 4 aromatic rings. The summed E-state index contributed by atoms with van der Waals surface area (Å²) in [5.74, 6) is 0.333. The highest BCUT2D eigenvalue weighted by molar-refractivity contribution is 5.94. The number of H-pyrrole nitrogens is 1. The maximum atomic E-state index is 12.5. The molecule has 2 aromatic carbocycles. The van der Waals surface area contributed by atoms with Gasteiger partial charge in [0.25, 0.3) is 5.91 Å². The molecule has 4 rings (SSSR count). The predicted octanol–water partition coefficient (Wildman–Crippen LogP) is 5.24. The Balaban J connectivity index is 1.14. The van der Waals surface area contributed by atoms with Crippen LogP contribution in [0.4, 0.5) is 5.95 Å². The maximum Gasteiger partial charge on any atom is 0.251 e. The fourth-order valence-electron chi connectivity index (χ4n) is 4.69. The summed E-state index contributed by atoms with van der Waals surface area (Å²) in [4.78, 5) is 20.1. The summed E-state index contributed by atoms with van der Waals surface area (Å²) in [5.41, 5.74) is 12.3. The van der Waals surface area contributed by atoms with Gasteiger partial charge in [0.1, 0.15) is 0 Å². The molecule has 0 spiro atoms. The van der Waals surface area contributed by atoms with Gasteiger partial charge in [-0.2, -0.15) is 5.26 Å². The molecule has 9 nitrogen and oxygen atoms in total. The van der Waals surface area contributed by atoms with E-state index in [4.69, 9.17) is 11.0 Å². The number of aromatic nitrogens is 5. The third-order valence-corrected chi connectivity index (χ3v) is 6.94. The average molecular weight is 539 g/mol. The van der Waals surface area contributed by atoms with Crippen LogP contribution in [-0.2, 0) is 25.8 Å². The van der Waals surface area contributed by atoms with Crippen molar-refractivity contribution in [2.45, 2.75) is 71.3 Å². The molecule has 0 saturated heterocycles. The summed E-state index contributed by atoms with van der Waals surface area (Å²) in [6.07, 6.45) is 11.4. The Morgan fingerprint density at radius 1 is 1.00 bits per heavy atom. The number of amides is 1. The van der Waals surface area contributed by atoms with Gasteiger partial charge in [0.05, 0.1) is 29.6 Å². The number of nitrogens with zero attached hydrogens (tertiary/aromatic N) is 5. The molecule has 9 heteroatoms. The van der Waals surface area contributed by atoms with Crippen molar-refractivity contribution in [1.29, 1.82) is 5.26 Å². The quantitative estimate of drug-likeness (QED) is 0.177. The number of carbonyl (C=O) groups is 1. The first-order valence-corrected chi connectivity index (χ1v) is 14.2. The molecular weight excluding hydrogens is 500 g/mol. The minimum absolute atomic E-state index is 0.0678. The number of anilines is 1. The largest absolute Gasteiger partial charge is 0.369 e. The number of aryl methyl sites for hydroxylation is 3. The summed E-state index contributed by atoms with van der Waals surface area (Å²) in [6.45, 7) is 3.27. The van der Waals surface area contributed by atoms with Crippen molar-refractivity contribution in [2.24, 2.45) is 0 Å². The van der Waals surface area contributed by atoms with Gasteiger partial charge in [-0.1, -0.05) is 55.7 Å². The first kappa shape index (κ1) is 28.6. The van der Waals surface area contributed by atoms with Crippen LogP contribution in [0.2, 0.25) is 0 Å². The zero-order valence-corrected chi connectivity index (χ0v) is 23.2. The van der Waals surface area contributed by atoms with E-state index in [1.807, 2.05) is 42.6 Å². The summed E-state index contributed by atoms with van der Waals surface area (Å²) in [7, 11) is 0. The molecule has 0 radical (unpaired) electrons. The lowest BCUT2D eigenvalue weighted by molar-refractivity contribution is 0.0952. The van der Waals surface area contributed by atoms with Crippen LogP contribution in [0.1, 0.15) is 78.3 Å². The van der Waals surface area contributed by atoms with Crippen LogP contribution in [0.15, 0.2) is 54.7 Å². The monoisotopic (exact) mass is 538 g/mol. The number of hydrogen-bond donors (Lipinski definition) is 3. The molecule has 0 bridgehead atoms. The third-order valence-electron chi connectivity index (χ3n) is 6.94. The van der Waals surface area contributed by atoms with Crippen LogP contribution in [0.25, 0.3) is 11.3 Å². The summed E-state index contributed by atoms with van der Waals surface area (Å²) < 4.78 is 1.78. The van der Waals surface area contributed by atoms with Crippen LogP contribution < -0.4 is 11.1 Å². The standard InChI is InChI=1S/C31H38N8O/c1-2-3-5-8-23-11-17-26(18-12-23)30(40)34-19-20-39-22-27(37-38-39)9-6-4-7-10-28-29(36-31(33)35-28)25-15-13-24(21-32)14-16-25/h11-18,22H,2-10,19-20H2,1H3,(H,34,40)(H3,33,35,36). The lowest BCUT2D eigenvalue weighted by atomic mass is 10.0. The molecule has 208 valence electrons. The van der Waals surface area contributed by atoms with Gasteiger partial charge >= 0.3 is 0 Å². The minimum atomic E-state index is -0.0678. The van der Waals surface area contributed by atoms with Crippen molar-refractivity contribution in [1.82, 2.24) is 30.3 Å². The SMILES string of the molecule is CCCCCc1ccc(C(=O)NCCn2cc(CCCCCc3[nH]c(N)nc3-c3ccc(C#N)cc3)nn2)cc1. The number of aromatic amines is 1. The topological polar surface area (TPSA) is 138 Å².